The van der Waals surface area contributed by atoms with Crippen LogP contribution in [0.15, 0.2) is 34.2 Å². The molecule has 2 aromatic rings. The topological polar surface area (TPSA) is 76.9 Å². The van der Waals surface area contributed by atoms with Crippen molar-refractivity contribution in [1.29, 1.82) is 0 Å². The molecule has 1 aromatic heterocycles. The van der Waals surface area contributed by atoms with Crippen molar-refractivity contribution >= 4 is 18.4 Å². The van der Waals surface area contributed by atoms with Crippen LogP contribution in [0.1, 0.15) is 11.1 Å². The van der Waals surface area contributed by atoms with Crippen molar-refractivity contribution in [2.75, 3.05) is 33.2 Å². The summed E-state index contributed by atoms with van der Waals surface area (Å²) in [6, 6.07) is 7.53. The molecule has 2 heterocycles. The summed E-state index contributed by atoms with van der Waals surface area (Å²) < 4.78 is 1.58. The lowest BCUT2D eigenvalue weighted by molar-refractivity contribution is 0.159. The molecular weight excluding hydrogens is 338 g/mol. The zero-order chi connectivity index (χ0) is 18.0. The lowest BCUT2D eigenvalue weighted by Crippen LogP contribution is -2.41. The molecule has 3 rings (SSSR count). The molecule has 25 heavy (non-hydrogen) atoms. The molecule has 8 heteroatoms. The van der Waals surface area contributed by atoms with Gasteiger partial charge in [-0.25, -0.2) is 0 Å². The number of benzene rings is 1. The van der Waals surface area contributed by atoms with Gasteiger partial charge in [0.2, 0.25) is 5.88 Å². The van der Waals surface area contributed by atoms with E-state index in [9.17, 15) is 9.90 Å². The van der Waals surface area contributed by atoms with E-state index in [2.05, 4.69) is 22.0 Å². The largest absolute Gasteiger partial charge is 0.494 e. The quantitative estimate of drug-likeness (QED) is 0.641. The Morgan fingerprint density at radius 1 is 1.28 bits per heavy atom. The van der Waals surface area contributed by atoms with Gasteiger partial charge < -0.3 is 10.0 Å². The number of H-pyrrole nitrogens is 1. The molecule has 2 N–H and O–H groups in total. The Kier molecular flexibility index (Phi) is 5.00. The van der Waals surface area contributed by atoms with E-state index < -0.39 is 5.56 Å². The van der Waals surface area contributed by atoms with E-state index in [0.717, 1.165) is 31.7 Å². The average molecular weight is 359 g/mol. The predicted molar refractivity (Wildman–Crippen MR) is 100 cm³/mol. The second kappa shape index (κ2) is 7.20. The molecule has 0 spiro atoms. The zero-order valence-electron chi connectivity index (χ0n) is 14.3. The van der Waals surface area contributed by atoms with Gasteiger partial charge in [-0.05, 0) is 43.9 Å². The summed E-state index contributed by atoms with van der Waals surface area (Å²) in [4.78, 5) is 17.0. The fourth-order valence-corrected chi connectivity index (χ4v) is 3.00. The standard InChI is InChI=1S/C17H21N5O2S/c1-12-4-3-5-13(10-12)22-16(24)14(15(23)19-17(22)25)11-18-21-8-6-20(2)7-9-21/h3-5,10-11,24H,6-9H2,1-2H3,(H,19,23,25)/b18-11+. The zero-order valence-corrected chi connectivity index (χ0v) is 15.1. The van der Waals surface area contributed by atoms with Crippen LogP contribution in [0.3, 0.4) is 0 Å². The Morgan fingerprint density at radius 2 is 2.00 bits per heavy atom. The Hall–Kier alpha value is -2.45. The minimum Gasteiger partial charge on any atom is -0.494 e. The molecule has 7 nitrogen and oxygen atoms in total. The molecule has 0 saturated carbocycles. The summed E-state index contributed by atoms with van der Waals surface area (Å²) in [6.45, 7) is 5.33. The van der Waals surface area contributed by atoms with Crippen LogP contribution in [0.25, 0.3) is 5.69 Å². The molecular formula is C17H21N5O2S. The molecule has 0 amide bonds. The monoisotopic (exact) mass is 359 g/mol. The van der Waals surface area contributed by atoms with Crippen LogP contribution in [0.2, 0.25) is 0 Å². The van der Waals surface area contributed by atoms with E-state index in [1.54, 1.807) is 0 Å². The van der Waals surface area contributed by atoms with Gasteiger partial charge in [-0.3, -0.25) is 19.4 Å². The summed E-state index contributed by atoms with van der Waals surface area (Å²) in [5.41, 5.74) is 1.35. The third-order valence-corrected chi connectivity index (χ3v) is 4.50. The van der Waals surface area contributed by atoms with Gasteiger partial charge in [0, 0.05) is 26.2 Å². The number of rotatable bonds is 3. The Morgan fingerprint density at radius 3 is 2.68 bits per heavy atom. The minimum atomic E-state index is -0.454. The van der Waals surface area contributed by atoms with Gasteiger partial charge in [0.05, 0.1) is 11.9 Å². The highest BCUT2D eigenvalue weighted by molar-refractivity contribution is 7.71. The summed E-state index contributed by atoms with van der Waals surface area (Å²) in [5, 5.41) is 16.9. The Labute approximate surface area is 150 Å². The van der Waals surface area contributed by atoms with E-state index >= 15 is 0 Å². The second-order valence-corrected chi connectivity index (χ2v) is 6.56. The van der Waals surface area contributed by atoms with Gasteiger partial charge in [0.15, 0.2) is 4.77 Å². The first kappa shape index (κ1) is 17.4. The van der Waals surface area contributed by atoms with Gasteiger partial charge in [-0.2, -0.15) is 5.10 Å². The summed E-state index contributed by atoms with van der Waals surface area (Å²) >= 11 is 5.22. The number of aromatic hydroxyl groups is 1. The lowest BCUT2D eigenvalue weighted by atomic mass is 10.2. The van der Waals surface area contributed by atoms with Gasteiger partial charge in [-0.1, -0.05) is 12.1 Å². The number of nitrogens with one attached hydrogen (secondary N) is 1. The molecule has 1 aliphatic rings. The number of piperazine rings is 1. The third-order valence-electron chi connectivity index (χ3n) is 4.21. The summed E-state index contributed by atoms with van der Waals surface area (Å²) in [5.74, 6) is -0.211. The average Bonchev–Trinajstić information content (AvgIpc) is 2.56. The van der Waals surface area contributed by atoms with Crippen molar-refractivity contribution in [2.45, 2.75) is 6.92 Å². The minimum absolute atomic E-state index is 0.0917. The number of aromatic nitrogens is 2. The summed E-state index contributed by atoms with van der Waals surface area (Å²) in [7, 11) is 2.06. The van der Waals surface area contributed by atoms with Gasteiger partial charge in [0.1, 0.15) is 5.56 Å². The van der Waals surface area contributed by atoms with Crippen LogP contribution in [-0.2, 0) is 0 Å². The third kappa shape index (κ3) is 3.80. The Balaban J connectivity index is 1.99. The van der Waals surface area contributed by atoms with Crippen LogP contribution >= 0.6 is 12.2 Å². The van der Waals surface area contributed by atoms with Crippen LogP contribution in [0, 0.1) is 11.7 Å². The maximum Gasteiger partial charge on any atom is 0.264 e. The highest BCUT2D eigenvalue weighted by atomic mass is 32.1. The van der Waals surface area contributed by atoms with Gasteiger partial charge in [0.25, 0.3) is 5.56 Å². The van der Waals surface area contributed by atoms with Gasteiger partial charge in [-0.15, -0.1) is 0 Å². The first-order chi connectivity index (χ1) is 12.0. The molecule has 0 radical (unpaired) electrons. The number of likely N-dealkylation sites (N-methyl/N-ethyl adjacent to an activating group) is 1. The number of nitrogens with zero attached hydrogens (tertiary/aromatic N) is 4. The number of hydrogen-bond donors (Lipinski definition) is 2. The maximum atomic E-state index is 12.2. The molecule has 1 aliphatic heterocycles. The summed E-state index contributed by atoms with van der Waals surface area (Å²) in [6.07, 6.45) is 1.40. The van der Waals surface area contributed by atoms with Crippen LogP contribution in [0.4, 0.5) is 0 Å². The van der Waals surface area contributed by atoms with E-state index in [1.807, 2.05) is 36.2 Å². The van der Waals surface area contributed by atoms with Crippen molar-refractivity contribution in [3.8, 4) is 11.6 Å². The normalized spacial score (nSPS) is 15.8. The van der Waals surface area contributed by atoms with Crippen LogP contribution in [-0.4, -0.2) is 64.0 Å². The maximum absolute atomic E-state index is 12.2. The van der Waals surface area contributed by atoms with E-state index in [0.29, 0.717) is 5.69 Å². The molecule has 1 fully saturated rings. The number of hydrogen-bond acceptors (Lipinski definition) is 6. The van der Waals surface area contributed by atoms with E-state index in [4.69, 9.17) is 12.2 Å². The highest BCUT2D eigenvalue weighted by Gasteiger charge is 2.15. The number of aryl methyl sites for hydroxylation is 1. The Bertz CT molecular complexity index is 910. The highest BCUT2D eigenvalue weighted by Crippen LogP contribution is 2.19. The molecule has 1 aromatic carbocycles. The van der Waals surface area contributed by atoms with Crippen molar-refractivity contribution in [3.05, 3.63) is 50.5 Å². The van der Waals surface area contributed by atoms with Crippen LogP contribution < -0.4 is 5.56 Å². The molecule has 0 aliphatic carbocycles. The molecule has 0 atom stereocenters. The van der Waals surface area contributed by atoms with Crippen molar-refractivity contribution < 1.29 is 5.11 Å². The van der Waals surface area contributed by atoms with Crippen molar-refractivity contribution in [1.82, 2.24) is 19.5 Å². The fourth-order valence-electron chi connectivity index (χ4n) is 2.71. The molecule has 132 valence electrons. The molecule has 1 saturated heterocycles. The first-order valence-electron chi connectivity index (χ1n) is 8.08. The first-order valence-corrected chi connectivity index (χ1v) is 8.49. The van der Waals surface area contributed by atoms with Crippen LogP contribution in [0.5, 0.6) is 5.88 Å². The predicted octanol–water partition coefficient (Wildman–Crippen LogP) is 1.49. The molecule has 0 unspecified atom stereocenters. The van der Waals surface area contributed by atoms with Gasteiger partial charge >= 0.3 is 0 Å². The lowest BCUT2D eigenvalue weighted by Gasteiger charge is -2.30. The van der Waals surface area contributed by atoms with Crippen molar-refractivity contribution in [3.63, 3.8) is 0 Å². The fraction of sp³-hybridized carbons (Fsp3) is 0.353. The van der Waals surface area contributed by atoms with E-state index in [1.165, 1.54) is 10.8 Å². The SMILES string of the molecule is Cc1cccc(-n2c(O)c(/C=N/N3CCN(C)CC3)c(=O)[nH]c2=S)c1. The second-order valence-electron chi connectivity index (χ2n) is 6.17. The van der Waals surface area contributed by atoms with Crippen molar-refractivity contribution in [2.24, 2.45) is 5.10 Å². The van der Waals surface area contributed by atoms with E-state index in [-0.39, 0.29) is 16.2 Å². The number of hydrazone groups is 1. The molecule has 0 bridgehead atoms. The number of aromatic amines is 1. The smallest absolute Gasteiger partial charge is 0.264 e.